The quantitative estimate of drug-likeness (QED) is 0.914. The van der Waals surface area contributed by atoms with Crippen molar-refractivity contribution in [3.05, 3.63) is 34.9 Å². The fraction of sp³-hybridized carbons (Fsp3) is 0.625. The van der Waals surface area contributed by atoms with Crippen molar-refractivity contribution in [1.29, 1.82) is 0 Å². The fourth-order valence-corrected chi connectivity index (χ4v) is 3.06. The largest absolute Gasteiger partial charge is 0.389 e. The topological polar surface area (TPSA) is 15.3 Å². The predicted octanol–water partition coefficient (Wildman–Crippen LogP) is 3.59. The molecule has 2 rings (SSSR count). The Morgan fingerprint density at radius 1 is 1.10 bits per heavy atom. The Morgan fingerprint density at radius 2 is 1.67 bits per heavy atom. The van der Waals surface area contributed by atoms with Crippen LogP contribution in [0.3, 0.4) is 0 Å². The molecular weight excluding hydrogens is 277 g/mol. The molecular formula is C16H23F3N2. The summed E-state index contributed by atoms with van der Waals surface area (Å²) < 4.78 is 37.9. The zero-order valence-corrected chi connectivity index (χ0v) is 12.6. The molecule has 0 bridgehead atoms. The first-order valence-electron chi connectivity index (χ1n) is 7.45. The third-order valence-corrected chi connectivity index (χ3v) is 3.92. The second kappa shape index (κ2) is 6.79. The highest BCUT2D eigenvalue weighted by atomic mass is 19.4. The molecule has 1 heterocycles. The SMILES string of the molecule is Cc1cc(C)cc([C@H](CCC(F)(F)F)N2CCNCC2)c1. The van der Waals surface area contributed by atoms with Gasteiger partial charge in [0.2, 0.25) is 0 Å². The zero-order valence-electron chi connectivity index (χ0n) is 12.6. The maximum Gasteiger partial charge on any atom is 0.389 e. The highest BCUT2D eigenvalue weighted by Crippen LogP contribution is 2.32. The molecule has 1 aromatic carbocycles. The number of benzene rings is 1. The van der Waals surface area contributed by atoms with Gasteiger partial charge in [-0.05, 0) is 25.8 Å². The first-order chi connectivity index (χ1) is 9.85. The van der Waals surface area contributed by atoms with Crippen molar-refractivity contribution >= 4 is 0 Å². The first kappa shape index (κ1) is 16.3. The van der Waals surface area contributed by atoms with Crippen molar-refractivity contribution in [1.82, 2.24) is 10.2 Å². The summed E-state index contributed by atoms with van der Waals surface area (Å²) in [5.41, 5.74) is 3.23. The molecule has 0 spiro atoms. The van der Waals surface area contributed by atoms with Crippen LogP contribution in [0.2, 0.25) is 0 Å². The average Bonchev–Trinajstić information content (AvgIpc) is 2.37. The lowest BCUT2D eigenvalue weighted by Crippen LogP contribution is -2.45. The molecule has 0 amide bonds. The van der Waals surface area contributed by atoms with Crippen LogP contribution in [-0.2, 0) is 0 Å². The lowest BCUT2D eigenvalue weighted by molar-refractivity contribution is -0.138. The van der Waals surface area contributed by atoms with Gasteiger partial charge in [0.25, 0.3) is 0 Å². The molecule has 1 aliphatic rings. The molecule has 0 aromatic heterocycles. The monoisotopic (exact) mass is 300 g/mol. The average molecular weight is 300 g/mol. The van der Waals surface area contributed by atoms with Gasteiger partial charge in [-0.25, -0.2) is 0 Å². The van der Waals surface area contributed by atoms with E-state index in [9.17, 15) is 13.2 Å². The van der Waals surface area contributed by atoms with Gasteiger partial charge in [-0.2, -0.15) is 13.2 Å². The number of hydrogen-bond donors (Lipinski definition) is 1. The molecule has 2 nitrogen and oxygen atoms in total. The van der Waals surface area contributed by atoms with Gasteiger partial charge in [0.05, 0.1) is 0 Å². The van der Waals surface area contributed by atoms with Crippen LogP contribution >= 0.6 is 0 Å². The van der Waals surface area contributed by atoms with Crippen LogP contribution in [0.4, 0.5) is 13.2 Å². The van der Waals surface area contributed by atoms with Crippen LogP contribution in [0.5, 0.6) is 0 Å². The highest BCUT2D eigenvalue weighted by molar-refractivity contribution is 5.30. The fourth-order valence-electron chi connectivity index (χ4n) is 3.06. The molecule has 0 radical (unpaired) electrons. The Balaban J connectivity index is 2.21. The van der Waals surface area contributed by atoms with Crippen LogP contribution in [0, 0.1) is 13.8 Å². The van der Waals surface area contributed by atoms with E-state index in [1.165, 1.54) is 0 Å². The number of hydrogen-bond acceptors (Lipinski definition) is 2. The summed E-state index contributed by atoms with van der Waals surface area (Å²) in [5.74, 6) is 0. The zero-order chi connectivity index (χ0) is 15.5. The smallest absolute Gasteiger partial charge is 0.314 e. The standard InChI is InChI=1S/C16H23F3N2/c1-12-9-13(2)11-14(10-12)15(3-4-16(17,18)19)21-7-5-20-6-8-21/h9-11,15,20H,3-8H2,1-2H3/t15-/m0/s1. The Hall–Kier alpha value is -1.07. The molecule has 21 heavy (non-hydrogen) atoms. The highest BCUT2D eigenvalue weighted by Gasteiger charge is 2.31. The van der Waals surface area contributed by atoms with Gasteiger partial charge < -0.3 is 5.32 Å². The van der Waals surface area contributed by atoms with Gasteiger partial charge >= 0.3 is 6.18 Å². The first-order valence-corrected chi connectivity index (χ1v) is 7.45. The molecule has 0 aliphatic carbocycles. The molecule has 1 fully saturated rings. The molecule has 0 unspecified atom stereocenters. The van der Waals surface area contributed by atoms with E-state index in [0.717, 1.165) is 42.9 Å². The van der Waals surface area contributed by atoms with Crippen LogP contribution in [0.1, 0.15) is 35.6 Å². The van der Waals surface area contributed by atoms with Crippen molar-refractivity contribution in [2.45, 2.75) is 38.9 Å². The van der Waals surface area contributed by atoms with E-state index in [1.807, 2.05) is 26.0 Å². The lowest BCUT2D eigenvalue weighted by atomic mass is 9.96. The van der Waals surface area contributed by atoms with E-state index in [-0.39, 0.29) is 12.5 Å². The molecule has 1 atom stereocenters. The van der Waals surface area contributed by atoms with E-state index >= 15 is 0 Å². The van der Waals surface area contributed by atoms with E-state index in [4.69, 9.17) is 0 Å². The van der Waals surface area contributed by atoms with Crippen molar-refractivity contribution in [2.24, 2.45) is 0 Å². The minimum absolute atomic E-state index is 0.131. The Kier molecular flexibility index (Phi) is 5.27. The Labute approximate surface area is 124 Å². The van der Waals surface area contributed by atoms with E-state index in [2.05, 4.69) is 16.3 Å². The van der Waals surface area contributed by atoms with Crippen LogP contribution in [0.15, 0.2) is 18.2 Å². The number of halogens is 3. The van der Waals surface area contributed by atoms with Crippen LogP contribution in [0.25, 0.3) is 0 Å². The number of rotatable bonds is 4. The van der Waals surface area contributed by atoms with Gasteiger partial charge in [-0.15, -0.1) is 0 Å². The molecule has 1 aliphatic heterocycles. The molecule has 1 saturated heterocycles. The number of piperazine rings is 1. The summed E-state index contributed by atoms with van der Waals surface area (Å²) in [5, 5.41) is 3.25. The molecule has 118 valence electrons. The van der Waals surface area contributed by atoms with Gasteiger partial charge in [0, 0.05) is 38.6 Å². The maximum atomic E-state index is 12.6. The predicted molar refractivity (Wildman–Crippen MR) is 78.4 cm³/mol. The Bertz CT molecular complexity index is 445. The summed E-state index contributed by atoms with van der Waals surface area (Å²) >= 11 is 0. The number of nitrogens with one attached hydrogen (secondary N) is 1. The minimum Gasteiger partial charge on any atom is -0.314 e. The summed E-state index contributed by atoms with van der Waals surface area (Å²) in [4.78, 5) is 2.18. The minimum atomic E-state index is -4.09. The van der Waals surface area contributed by atoms with Crippen LogP contribution in [-0.4, -0.2) is 37.3 Å². The molecule has 1 aromatic rings. The summed E-state index contributed by atoms with van der Waals surface area (Å²) in [7, 11) is 0. The number of aryl methyl sites for hydroxylation is 2. The van der Waals surface area contributed by atoms with E-state index < -0.39 is 12.6 Å². The number of nitrogens with zero attached hydrogens (tertiary/aromatic N) is 1. The normalized spacial score (nSPS) is 18.7. The van der Waals surface area contributed by atoms with Gasteiger partial charge in [-0.1, -0.05) is 29.3 Å². The molecule has 5 heteroatoms. The van der Waals surface area contributed by atoms with Gasteiger partial charge in [0.1, 0.15) is 0 Å². The van der Waals surface area contributed by atoms with Crippen LogP contribution < -0.4 is 5.32 Å². The second-order valence-electron chi connectivity index (χ2n) is 5.88. The summed E-state index contributed by atoms with van der Waals surface area (Å²) in [6.45, 7) is 7.27. The van der Waals surface area contributed by atoms with Crippen molar-refractivity contribution < 1.29 is 13.2 Å². The molecule has 1 N–H and O–H groups in total. The maximum absolute atomic E-state index is 12.6. The lowest BCUT2D eigenvalue weighted by Gasteiger charge is -2.35. The second-order valence-corrected chi connectivity index (χ2v) is 5.88. The third kappa shape index (κ3) is 5.00. The van der Waals surface area contributed by atoms with Crippen molar-refractivity contribution in [2.75, 3.05) is 26.2 Å². The van der Waals surface area contributed by atoms with Crippen molar-refractivity contribution in [3.63, 3.8) is 0 Å². The van der Waals surface area contributed by atoms with Crippen molar-refractivity contribution in [3.8, 4) is 0 Å². The molecule has 0 saturated carbocycles. The third-order valence-electron chi connectivity index (χ3n) is 3.92. The van der Waals surface area contributed by atoms with Gasteiger partial charge in [-0.3, -0.25) is 4.90 Å². The van der Waals surface area contributed by atoms with E-state index in [0.29, 0.717) is 0 Å². The number of alkyl halides is 3. The summed E-state index contributed by atoms with van der Waals surface area (Å²) in [6, 6.07) is 5.96. The Morgan fingerprint density at radius 3 is 2.19 bits per heavy atom. The van der Waals surface area contributed by atoms with E-state index in [1.54, 1.807) is 0 Å². The summed E-state index contributed by atoms with van der Waals surface area (Å²) in [6.07, 6.45) is -4.69. The van der Waals surface area contributed by atoms with Gasteiger partial charge in [0.15, 0.2) is 0 Å².